The maximum absolute atomic E-state index is 13.1. The monoisotopic (exact) mass is 389 g/mol. The Hall–Kier alpha value is -2.49. The van der Waals surface area contributed by atoms with Crippen LogP contribution in [0.3, 0.4) is 0 Å². The van der Waals surface area contributed by atoms with Crippen LogP contribution in [0, 0.1) is 0 Å². The Morgan fingerprint density at radius 3 is 2.57 bits per heavy atom. The Kier molecular flexibility index (Phi) is 6.61. The minimum atomic E-state index is -1.02. The molecule has 2 aliphatic heterocycles. The first-order valence-electron chi connectivity index (χ1n) is 9.56. The summed E-state index contributed by atoms with van der Waals surface area (Å²) in [5, 5.41) is 9.07. The van der Waals surface area contributed by atoms with Crippen LogP contribution in [0.5, 0.6) is 0 Å². The SMILES string of the molecule is CC(=O)N(CC(=O)O)C1CCCN(C(=O)C2NNNC2c2ccccc2)CC1. The zero-order chi connectivity index (χ0) is 20.1. The lowest BCUT2D eigenvalue weighted by atomic mass is 10.00. The Balaban J connectivity index is 1.65. The molecule has 0 aromatic heterocycles. The number of likely N-dealkylation sites (tertiary alicyclic amines) is 1. The Bertz CT molecular complexity index is 714. The summed E-state index contributed by atoms with van der Waals surface area (Å²) in [6, 6.07) is 8.96. The zero-order valence-corrected chi connectivity index (χ0v) is 15.9. The molecule has 0 bridgehead atoms. The van der Waals surface area contributed by atoms with Gasteiger partial charge in [0.25, 0.3) is 0 Å². The summed E-state index contributed by atoms with van der Waals surface area (Å²) in [5.41, 5.74) is 9.97. The highest BCUT2D eigenvalue weighted by Gasteiger charge is 2.37. The molecule has 0 radical (unpaired) electrons. The second-order valence-electron chi connectivity index (χ2n) is 7.23. The highest BCUT2D eigenvalue weighted by Crippen LogP contribution is 2.23. The van der Waals surface area contributed by atoms with E-state index in [2.05, 4.69) is 16.4 Å². The van der Waals surface area contributed by atoms with Crippen molar-refractivity contribution >= 4 is 17.8 Å². The molecular weight excluding hydrogens is 362 g/mol. The molecule has 1 aromatic carbocycles. The first-order valence-corrected chi connectivity index (χ1v) is 9.56. The number of hydrogen-bond donors (Lipinski definition) is 4. The molecule has 2 aliphatic rings. The van der Waals surface area contributed by atoms with Gasteiger partial charge in [0.2, 0.25) is 11.8 Å². The van der Waals surface area contributed by atoms with Crippen LogP contribution in [0.4, 0.5) is 0 Å². The van der Waals surface area contributed by atoms with Gasteiger partial charge in [0, 0.05) is 26.1 Å². The molecule has 3 unspecified atom stereocenters. The quantitative estimate of drug-likeness (QED) is 0.561. The summed E-state index contributed by atoms with van der Waals surface area (Å²) < 4.78 is 0. The third-order valence-electron chi connectivity index (χ3n) is 5.37. The van der Waals surface area contributed by atoms with Crippen LogP contribution in [0.1, 0.15) is 37.8 Å². The number of aliphatic carboxylic acids is 1. The number of benzene rings is 1. The summed E-state index contributed by atoms with van der Waals surface area (Å²) in [5.74, 6) is -1.29. The minimum Gasteiger partial charge on any atom is -0.480 e. The normalized spacial score (nSPS) is 25.2. The van der Waals surface area contributed by atoms with Gasteiger partial charge in [0.05, 0.1) is 6.04 Å². The van der Waals surface area contributed by atoms with E-state index in [1.807, 2.05) is 30.3 Å². The van der Waals surface area contributed by atoms with Gasteiger partial charge >= 0.3 is 5.97 Å². The fourth-order valence-corrected chi connectivity index (χ4v) is 3.96. The number of rotatable bonds is 5. The van der Waals surface area contributed by atoms with Crippen molar-refractivity contribution in [1.82, 2.24) is 26.2 Å². The van der Waals surface area contributed by atoms with Gasteiger partial charge < -0.3 is 14.9 Å². The van der Waals surface area contributed by atoms with Crippen LogP contribution in [0.25, 0.3) is 0 Å². The molecule has 4 N–H and O–H groups in total. The van der Waals surface area contributed by atoms with Crippen LogP contribution in [-0.2, 0) is 14.4 Å². The first-order chi connectivity index (χ1) is 13.5. The van der Waals surface area contributed by atoms with Crippen molar-refractivity contribution in [2.24, 2.45) is 0 Å². The van der Waals surface area contributed by atoms with Gasteiger partial charge in [0.1, 0.15) is 12.6 Å². The van der Waals surface area contributed by atoms with Gasteiger partial charge in [-0.2, -0.15) is 5.53 Å². The number of hydrazine groups is 2. The van der Waals surface area contributed by atoms with Crippen LogP contribution in [-0.4, -0.2) is 64.4 Å². The van der Waals surface area contributed by atoms with E-state index in [1.165, 1.54) is 11.8 Å². The molecule has 9 nitrogen and oxygen atoms in total. The van der Waals surface area contributed by atoms with Crippen molar-refractivity contribution < 1.29 is 19.5 Å². The third kappa shape index (κ3) is 4.67. The predicted molar refractivity (Wildman–Crippen MR) is 102 cm³/mol. The lowest BCUT2D eigenvalue weighted by molar-refractivity contribution is -0.145. The topological polar surface area (TPSA) is 114 Å². The number of carbonyl (C=O) groups is 3. The molecule has 1 aromatic rings. The maximum atomic E-state index is 13.1. The number of carboxylic acids is 1. The van der Waals surface area contributed by atoms with Crippen molar-refractivity contribution in [2.45, 2.75) is 44.3 Å². The molecule has 152 valence electrons. The highest BCUT2D eigenvalue weighted by molar-refractivity contribution is 5.83. The average Bonchev–Trinajstić information content (AvgIpc) is 3.04. The standard InChI is InChI=1S/C19H27N5O4/c1-13(25)24(12-16(26)27)15-8-5-10-23(11-9-15)19(28)18-17(20-22-21-18)14-6-3-2-4-7-14/h2-4,6-7,15,17-18,20-22H,5,8-12H2,1H3,(H,26,27). The Labute approximate surface area is 164 Å². The average molecular weight is 389 g/mol. The van der Waals surface area contributed by atoms with Gasteiger partial charge in [-0.25, -0.2) is 10.9 Å². The van der Waals surface area contributed by atoms with Crippen molar-refractivity contribution in [2.75, 3.05) is 19.6 Å². The van der Waals surface area contributed by atoms with E-state index in [0.29, 0.717) is 25.9 Å². The predicted octanol–water partition coefficient (Wildman–Crippen LogP) is 0.0229. The number of carboxylic acid groups (broad SMARTS) is 1. The van der Waals surface area contributed by atoms with Crippen LogP contribution >= 0.6 is 0 Å². The fraction of sp³-hybridized carbons (Fsp3) is 0.526. The second-order valence-corrected chi connectivity index (χ2v) is 7.23. The maximum Gasteiger partial charge on any atom is 0.323 e. The molecule has 2 amide bonds. The van der Waals surface area contributed by atoms with E-state index < -0.39 is 12.0 Å². The fourth-order valence-electron chi connectivity index (χ4n) is 3.96. The van der Waals surface area contributed by atoms with Gasteiger partial charge in [-0.3, -0.25) is 14.4 Å². The third-order valence-corrected chi connectivity index (χ3v) is 5.37. The van der Waals surface area contributed by atoms with E-state index in [1.54, 1.807) is 4.90 Å². The smallest absolute Gasteiger partial charge is 0.323 e. The second kappa shape index (κ2) is 9.13. The van der Waals surface area contributed by atoms with Crippen molar-refractivity contribution in [3.63, 3.8) is 0 Å². The largest absolute Gasteiger partial charge is 0.480 e. The molecule has 3 atom stereocenters. The van der Waals surface area contributed by atoms with E-state index in [9.17, 15) is 14.4 Å². The van der Waals surface area contributed by atoms with Gasteiger partial charge in [-0.15, -0.1) is 0 Å². The van der Waals surface area contributed by atoms with Crippen molar-refractivity contribution in [3.8, 4) is 0 Å². The molecule has 9 heteroatoms. The van der Waals surface area contributed by atoms with Crippen molar-refractivity contribution in [3.05, 3.63) is 35.9 Å². The van der Waals surface area contributed by atoms with E-state index in [0.717, 1.165) is 12.0 Å². The number of carbonyl (C=O) groups excluding carboxylic acids is 2. The summed E-state index contributed by atoms with van der Waals surface area (Å²) >= 11 is 0. The lowest BCUT2D eigenvalue weighted by Gasteiger charge is -2.29. The number of hydrogen-bond acceptors (Lipinski definition) is 6. The molecule has 0 aliphatic carbocycles. The number of nitrogens with one attached hydrogen (secondary N) is 3. The van der Waals surface area contributed by atoms with Gasteiger partial charge in [0.15, 0.2) is 0 Å². The zero-order valence-electron chi connectivity index (χ0n) is 15.9. The van der Waals surface area contributed by atoms with E-state index in [-0.39, 0.29) is 30.4 Å². The van der Waals surface area contributed by atoms with E-state index in [4.69, 9.17) is 5.11 Å². The molecule has 2 fully saturated rings. The molecule has 2 heterocycles. The summed E-state index contributed by atoms with van der Waals surface area (Å²) in [6.07, 6.45) is 1.99. The van der Waals surface area contributed by atoms with Crippen LogP contribution < -0.4 is 16.4 Å². The molecule has 0 saturated carbocycles. The van der Waals surface area contributed by atoms with Crippen molar-refractivity contribution in [1.29, 1.82) is 0 Å². The molecule has 2 saturated heterocycles. The number of nitrogens with zero attached hydrogens (tertiary/aromatic N) is 2. The summed E-state index contributed by atoms with van der Waals surface area (Å²) in [7, 11) is 0. The Morgan fingerprint density at radius 2 is 1.89 bits per heavy atom. The molecule has 3 rings (SSSR count). The Morgan fingerprint density at radius 1 is 1.14 bits per heavy atom. The summed E-state index contributed by atoms with van der Waals surface area (Å²) in [6.45, 7) is 2.17. The highest BCUT2D eigenvalue weighted by atomic mass is 16.4. The van der Waals surface area contributed by atoms with Gasteiger partial charge in [-0.1, -0.05) is 30.3 Å². The molecule has 28 heavy (non-hydrogen) atoms. The minimum absolute atomic E-state index is 0.0142. The molecule has 0 spiro atoms. The van der Waals surface area contributed by atoms with E-state index >= 15 is 0 Å². The first kappa shape index (κ1) is 20.2. The van der Waals surface area contributed by atoms with Crippen LogP contribution in [0.2, 0.25) is 0 Å². The lowest BCUT2D eigenvalue weighted by Crippen LogP contribution is -2.48. The summed E-state index contributed by atoms with van der Waals surface area (Å²) in [4.78, 5) is 39.3. The molecular formula is C19H27N5O4. The van der Waals surface area contributed by atoms with Gasteiger partial charge in [-0.05, 0) is 24.8 Å². The number of amides is 2. The van der Waals surface area contributed by atoms with Crippen LogP contribution in [0.15, 0.2) is 30.3 Å².